The normalized spacial score (nSPS) is 12.8. The highest BCUT2D eigenvalue weighted by Gasteiger charge is 2.22. The number of alkyl halides is 2. The van der Waals surface area contributed by atoms with E-state index < -0.39 is 30.5 Å². The molecule has 1 rings (SSSR count). The second-order valence-corrected chi connectivity index (χ2v) is 3.13. The standard InChI is InChI=1S/C10H10F3NO/c11-7-3-1-6(2-4-7)8(10(14)15)5-9(12)13/h1-4,8-9H,5H2,(H2,14,15)/t8-/m1/s1. The number of amides is 1. The largest absolute Gasteiger partial charge is 0.369 e. The molecule has 0 radical (unpaired) electrons. The Morgan fingerprint density at radius 1 is 1.27 bits per heavy atom. The lowest BCUT2D eigenvalue weighted by molar-refractivity contribution is -0.120. The van der Waals surface area contributed by atoms with Crippen molar-refractivity contribution in [2.45, 2.75) is 18.8 Å². The van der Waals surface area contributed by atoms with Gasteiger partial charge in [0.2, 0.25) is 12.3 Å². The van der Waals surface area contributed by atoms with Crippen LogP contribution in [0.4, 0.5) is 13.2 Å². The number of primary amides is 1. The Morgan fingerprint density at radius 2 is 1.80 bits per heavy atom. The summed E-state index contributed by atoms with van der Waals surface area (Å²) in [6, 6.07) is 4.79. The molecule has 1 atom stereocenters. The van der Waals surface area contributed by atoms with Gasteiger partial charge < -0.3 is 5.73 Å². The number of benzene rings is 1. The summed E-state index contributed by atoms with van der Waals surface area (Å²) in [6.07, 6.45) is -3.26. The van der Waals surface area contributed by atoms with Gasteiger partial charge in [-0.25, -0.2) is 13.2 Å². The van der Waals surface area contributed by atoms with Crippen LogP contribution in [-0.4, -0.2) is 12.3 Å². The molecule has 0 bridgehead atoms. The summed E-state index contributed by atoms with van der Waals surface area (Å²) in [6.45, 7) is 0. The minimum Gasteiger partial charge on any atom is -0.369 e. The van der Waals surface area contributed by atoms with Gasteiger partial charge in [0.1, 0.15) is 5.82 Å². The smallest absolute Gasteiger partial charge is 0.239 e. The molecule has 82 valence electrons. The zero-order valence-electron chi connectivity index (χ0n) is 7.79. The number of hydrogen-bond acceptors (Lipinski definition) is 1. The van der Waals surface area contributed by atoms with Crippen LogP contribution in [-0.2, 0) is 4.79 Å². The van der Waals surface area contributed by atoms with Crippen molar-refractivity contribution >= 4 is 5.91 Å². The van der Waals surface area contributed by atoms with E-state index in [2.05, 4.69) is 0 Å². The summed E-state index contributed by atoms with van der Waals surface area (Å²) in [5.41, 5.74) is 5.30. The quantitative estimate of drug-likeness (QED) is 0.824. The van der Waals surface area contributed by atoms with E-state index in [1.54, 1.807) is 0 Å². The number of nitrogens with two attached hydrogens (primary N) is 1. The van der Waals surface area contributed by atoms with Crippen LogP contribution in [0, 0.1) is 5.82 Å². The highest BCUT2D eigenvalue weighted by atomic mass is 19.3. The first-order valence-corrected chi connectivity index (χ1v) is 4.33. The Kier molecular flexibility index (Phi) is 3.71. The number of carbonyl (C=O) groups is 1. The van der Waals surface area contributed by atoms with Gasteiger partial charge in [0.05, 0.1) is 5.92 Å². The highest BCUT2D eigenvalue weighted by Crippen LogP contribution is 2.23. The zero-order chi connectivity index (χ0) is 11.4. The Labute approximate surface area is 84.9 Å². The van der Waals surface area contributed by atoms with Crippen molar-refractivity contribution in [1.82, 2.24) is 0 Å². The van der Waals surface area contributed by atoms with Gasteiger partial charge in [-0.2, -0.15) is 0 Å². The van der Waals surface area contributed by atoms with Crippen LogP contribution in [0.3, 0.4) is 0 Å². The van der Waals surface area contributed by atoms with Crippen LogP contribution in [0.25, 0.3) is 0 Å². The topological polar surface area (TPSA) is 43.1 Å². The molecule has 0 aliphatic carbocycles. The Hall–Kier alpha value is -1.52. The van der Waals surface area contributed by atoms with E-state index in [1.165, 1.54) is 12.1 Å². The SMILES string of the molecule is NC(=O)[C@H](CC(F)F)c1ccc(F)cc1. The first-order chi connectivity index (χ1) is 7.00. The lowest BCUT2D eigenvalue weighted by Gasteiger charge is -2.12. The van der Waals surface area contributed by atoms with Crippen molar-refractivity contribution in [3.8, 4) is 0 Å². The summed E-state index contributed by atoms with van der Waals surface area (Å²) >= 11 is 0. The molecule has 0 unspecified atom stereocenters. The Balaban J connectivity index is 2.89. The molecule has 0 saturated carbocycles. The molecule has 1 aromatic rings. The van der Waals surface area contributed by atoms with Crippen LogP contribution < -0.4 is 5.73 Å². The number of hydrogen-bond donors (Lipinski definition) is 1. The second-order valence-electron chi connectivity index (χ2n) is 3.13. The maximum atomic E-state index is 12.5. The fourth-order valence-corrected chi connectivity index (χ4v) is 1.29. The molecule has 0 fully saturated rings. The molecule has 0 saturated heterocycles. The van der Waals surface area contributed by atoms with Crippen LogP contribution in [0.2, 0.25) is 0 Å². The minimum absolute atomic E-state index is 0.309. The molecule has 0 aliphatic heterocycles. The average molecular weight is 217 g/mol. The maximum absolute atomic E-state index is 12.5. The van der Waals surface area contributed by atoms with Gasteiger partial charge in [-0.15, -0.1) is 0 Å². The Bertz CT molecular complexity index is 337. The van der Waals surface area contributed by atoms with E-state index in [0.29, 0.717) is 5.56 Å². The fraction of sp³-hybridized carbons (Fsp3) is 0.300. The second kappa shape index (κ2) is 4.82. The van der Waals surface area contributed by atoms with E-state index in [0.717, 1.165) is 12.1 Å². The predicted molar refractivity (Wildman–Crippen MR) is 49.0 cm³/mol. The van der Waals surface area contributed by atoms with Crippen molar-refractivity contribution in [3.05, 3.63) is 35.6 Å². The highest BCUT2D eigenvalue weighted by molar-refractivity contribution is 5.81. The monoisotopic (exact) mass is 217 g/mol. The predicted octanol–water partition coefficient (Wildman–Crippen LogP) is 2.05. The fourth-order valence-electron chi connectivity index (χ4n) is 1.29. The van der Waals surface area contributed by atoms with Crippen LogP contribution in [0.15, 0.2) is 24.3 Å². The Morgan fingerprint density at radius 3 is 2.20 bits per heavy atom. The lowest BCUT2D eigenvalue weighted by atomic mass is 9.95. The molecule has 15 heavy (non-hydrogen) atoms. The molecule has 2 N–H and O–H groups in total. The summed E-state index contributed by atoms with van der Waals surface area (Å²) in [4.78, 5) is 10.9. The lowest BCUT2D eigenvalue weighted by Crippen LogP contribution is -2.23. The molecule has 5 heteroatoms. The number of halogens is 3. The third kappa shape index (κ3) is 3.27. The van der Waals surface area contributed by atoms with Crippen molar-refractivity contribution in [2.75, 3.05) is 0 Å². The van der Waals surface area contributed by atoms with Gasteiger partial charge in [0.25, 0.3) is 0 Å². The van der Waals surface area contributed by atoms with Crippen molar-refractivity contribution in [3.63, 3.8) is 0 Å². The number of rotatable bonds is 4. The molecule has 1 aromatic carbocycles. The zero-order valence-corrected chi connectivity index (χ0v) is 7.79. The molecular weight excluding hydrogens is 207 g/mol. The van der Waals surface area contributed by atoms with Crippen molar-refractivity contribution < 1.29 is 18.0 Å². The maximum Gasteiger partial charge on any atom is 0.239 e. The minimum atomic E-state index is -2.62. The van der Waals surface area contributed by atoms with Gasteiger partial charge in [0.15, 0.2) is 0 Å². The molecule has 0 spiro atoms. The van der Waals surface area contributed by atoms with Gasteiger partial charge in [-0.1, -0.05) is 12.1 Å². The van der Waals surface area contributed by atoms with Crippen LogP contribution >= 0.6 is 0 Å². The van der Waals surface area contributed by atoms with Gasteiger partial charge in [-0.05, 0) is 17.7 Å². The van der Waals surface area contributed by atoms with E-state index in [-0.39, 0.29) is 0 Å². The van der Waals surface area contributed by atoms with E-state index >= 15 is 0 Å². The molecule has 1 amide bonds. The first kappa shape index (κ1) is 11.6. The van der Waals surface area contributed by atoms with Crippen LogP contribution in [0.5, 0.6) is 0 Å². The summed E-state index contributed by atoms with van der Waals surface area (Å²) in [5.74, 6) is -2.38. The third-order valence-electron chi connectivity index (χ3n) is 2.03. The van der Waals surface area contributed by atoms with E-state index in [1.807, 2.05) is 0 Å². The molecule has 0 heterocycles. The van der Waals surface area contributed by atoms with Crippen molar-refractivity contribution in [2.24, 2.45) is 5.73 Å². The average Bonchev–Trinajstić information content (AvgIpc) is 2.15. The summed E-state index contributed by atoms with van der Waals surface area (Å²) in [5, 5.41) is 0. The molecule has 2 nitrogen and oxygen atoms in total. The third-order valence-corrected chi connectivity index (χ3v) is 2.03. The van der Waals surface area contributed by atoms with Crippen molar-refractivity contribution in [1.29, 1.82) is 0 Å². The summed E-state index contributed by atoms with van der Waals surface area (Å²) in [7, 11) is 0. The van der Waals surface area contributed by atoms with Gasteiger partial charge >= 0.3 is 0 Å². The van der Waals surface area contributed by atoms with E-state index in [4.69, 9.17) is 5.73 Å². The van der Waals surface area contributed by atoms with E-state index in [9.17, 15) is 18.0 Å². The van der Waals surface area contributed by atoms with Gasteiger partial charge in [-0.3, -0.25) is 4.79 Å². The molecule has 0 aliphatic rings. The number of carbonyl (C=O) groups excluding carboxylic acids is 1. The summed E-state index contributed by atoms with van der Waals surface area (Å²) < 4.78 is 36.8. The molecule has 0 aromatic heterocycles. The van der Waals surface area contributed by atoms with Crippen LogP contribution in [0.1, 0.15) is 17.9 Å². The first-order valence-electron chi connectivity index (χ1n) is 4.33. The van der Waals surface area contributed by atoms with Gasteiger partial charge in [0, 0.05) is 6.42 Å². The molecular formula is C10H10F3NO.